The summed E-state index contributed by atoms with van der Waals surface area (Å²) in [6, 6.07) is 8.90. The average Bonchev–Trinajstić information content (AvgIpc) is 2.69. The zero-order valence-electron chi connectivity index (χ0n) is 9.75. The maximum Gasteiger partial charge on any atom is 0.182 e. The lowest BCUT2D eigenvalue weighted by atomic mass is 10.2. The van der Waals surface area contributed by atoms with Crippen molar-refractivity contribution < 1.29 is 4.39 Å². The molecule has 0 aliphatic rings. The van der Waals surface area contributed by atoms with Crippen LogP contribution < -0.4 is 0 Å². The van der Waals surface area contributed by atoms with Crippen LogP contribution in [0.5, 0.6) is 0 Å². The summed E-state index contributed by atoms with van der Waals surface area (Å²) < 4.78 is 18.3. The first-order valence-corrected chi connectivity index (χ1v) is 8.31. The fourth-order valence-electron chi connectivity index (χ4n) is 2.00. The first-order valence-electron chi connectivity index (χ1n) is 5.52. The zero-order valence-corrected chi connectivity index (χ0v) is 15.3. The second kappa shape index (κ2) is 5.36. The number of rotatable bonds is 1. The van der Waals surface area contributed by atoms with Crippen molar-refractivity contribution in [1.82, 2.24) is 9.55 Å². The Labute approximate surface area is 144 Å². The highest BCUT2D eigenvalue weighted by molar-refractivity contribution is 9.11. The Morgan fingerprint density at radius 1 is 1.05 bits per heavy atom. The van der Waals surface area contributed by atoms with Gasteiger partial charge in [-0.05, 0) is 68.3 Å². The van der Waals surface area contributed by atoms with Gasteiger partial charge in [-0.3, -0.25) is 4.57 Å². The maximum atomic E-state index is 13.8. The minimum atomic E-state index is -0.327. The molecule has 0 amide bonds. The zero-order chi connectivity index (χ0) is 14.4. The average molecular weight is 481 g/mol. The number of nitrogens with one attached hydrogen (secondary N) is 1. The molecule has 0 saturated carbocycles. The van der Waals surface area contributed by atoms with E-state index in [0.29, 0.717) is 14.8 Å². The number of aromatic nitrogens is 2. The molecule has 2 aromatic carbocycles. The van der Waals surface area contributed by atoms with Crippen LogP contribution in [0.4, 0.5) is 4.39 Å². The summed E-state index contributed by atoms with van der Waals surface area (Å²) >= 11 is 15.5. The molecule has 1 heterocycles. The van der Waals surface area contributed by atoms with Crippen molar-refractivity contribution in [3.63, 3.8) is 0 Å². The van der Waals surface area contributed by atoms with Gasteiger partial charge < -0.3 is 4.98 Å². The Morgan fingerprint density at radius 3 is 2.55 bits per heavy atom. The number of benzene rings is 2. The predicted octanol–water partition coefficient (Wildman–Crippen LogP) is 6.11. The quantitative estimate of drug-likeness (QED) is 0.416. The van der Waals surface area contributed by atoms with Gasteiger partial charge in [0, 0.05) is 15.0 Å². The SMILES string of the molecule is Fc1cc2c(cc1Br)[nH]c(=S)n2-c1cc(Br)ccc1Br. The molecule has 1 N–H and O–H groups in total. The molecule has 3 rings (SSSR count). The minimum absolute atomic E-state index is 0.327. The number of hydrogen-bond donors (Lipinski definition) is 1. The van der Waals surface area contributed by atoms with Crippen molar-refractivity contribution in [2.75, 3.05) is 0 Å². The lowest BCUT2D eigenvalue weighted by Crippen LogP contribution is -1.96. The van der Waals surface area contributed by atoms with Gasteiger partial charge in [0.05, 0.1) is 21.2 Å². The van der Waals surface area contributed by atoms with Crippen LogP contribution in [0.25, 0.3) is 16.7 Å². The van der Waals surface area contributed by atoms with Gasteiger partial charge in [-0.15, -0.1) is 0 Å². The van der Waals surface area contributed by atoms with E-state index in [9.17, 15) is 4.39 Å². The highest BCUT2D eigenvalue weighted by atomic mass is 79.9. The van der Waals surface area contributed by atoms with E-state index in [1.807, 2.05) is 18.2 Å². The molecule has 0 atom stereocenters. The highest BCUT2D eigenvalue weighted by Crippen LogP contribution is 2.30. The van der Waals surface area contributed by atoms with Crippen LogP contribution in [-0.4, -0.2) is 9.55 Å². The van der Waals surface area contributed by atoms with Gasteiger partial charge in [-0.1, -0.05) is 15.9 Å². The van der Waals surface area contributed by atoms with E-state index in [1.165, 1.54) is 6.07 Å². The Balaban J connectivity index is 2.42. The monoisotopic (exact) mass is 478 g/mol. The predicted molar refractivity (Wildman–Crippen MR) is 91.5 cm³/mol. The normalized spacial score (nSPS) is 11.2. The van der Waals surface area contributed by atoms with E-state index in [2.05, 4.69) is 52.8 Å². The van der Waals surface area contributed by atoms with Crippen LogP contribution in [0.2, 0.25) is 0 Å². The van der Waals surface area contributed by atoms with Crippen LogP contribution in [0, 0.1) is 10.6 Å². The molecule has 0 bridgehead atoms. The third kappa shape index (κ3) is 2.41. The fourth-order valence-corrected chi connectivity index (χ4v) is 3.42. The molecule has 102 valence electrons. The summed E-state index contributed by atoms with van der Waals surface area (Å²) in [6.07, 6.45) is 0. The first kappa shape index (κ1) is 14.4. The van der Waals surface area contributed by atoms with Crippen molar-refractivity contribution >= 4 is 71.0 Å². The van der Waals surface area contributed by atoms with Gasteiger partial charge in [0.15, 0.2) is 4.77 Å². The molecule has 0 aliphatic carbocycles. The highest BCUT2D eigenvalue weighted by Gasteiger charge is 2.12. The molecular weight excluding hydrogens is 475 g/mol. The smallest absolute Gasteiger partial charge is 0.182 e. The van der Waals surface area contributed by atoms with Crippen LogP contribution >= 0.6 is 60.0 Å². The molecule has 0 radical (unpaired) electrons. The summed E-state index contributed by atoms with van der Waals surface area (Å²) in [5.74, 6) is -0.327. The molecule has 0 spiro atoms. The Kier molecular flexibility index (Phi) is 3.87. The van der Waals surface area contributed by atoms with E-state index in [0.717, 1.165) is 20.1 Å². The van der Waals surface area contributed by atoms with Crippen molar-refractivity contribution in [3.05, 3.63) is 54.3 Å². The Hall–Kier alpha value is -0.500. The number of halogens is 4. The number of nitrogens with zero attached hydrogens (tertiary/aromatic N) is 1. The van der Waals surface area contributed by atoms with Gasteiger partial charge in [0.25, 0.3) is 0 Å². The van der Waals surface area contributed by atoms with Crippen molar-refractivity contribution in [2.24, 2.45) is 0 Å². The van der Waals surface area contributed by atoms with Gasteiger partial charge in [-0.25, -0.2) is 4.39 Å². The van der Waals surface area contributed by atoms with Gasteiger partial charge in [0.2, 0.25) is 0 Å². The standard InChI is InChI=1S/C13H6Br3FN2S/c14-6-1-2-7(15)11(3-6)19-12-5-9(17)8(16)4-10(12)18-13(19)20/h1-5H,(H,18,20). The molecule has 1 aromatic heterocycles. The molecule has 3 aromatic rings. The van der Waals surface area contributed by atoms with E-state index < -0.39 is 0 Å². The van der Waals surface area contributed by atoms with E-state index in [1.54, 1.807) is 10.6 Å². The minimum Gasteiger partial charge on any atom is -0.330 e. The molecule has 20 heavy (non-hydrogen) atoms. The largest absolute Gasteiger partial charge is 0.330 e. The molecule has 0 fully saturated rings. The van der Waals surface area contributed by atoms with Crippen LogP contribution in [0.15, 0.2) is 43.7 Å². The van der Waals surface area contributed by atoms with E-state index in [4.69, 9.17) is 12.2 Å². The first-order chi connectivity index (χ1) is 9.47. The number of H-pyrrole nitrogens is 1. The number of hydrogen-bond acceptors (Lipinski definition) is 1. The van der Waals surface area contributed by atoms with Crippen molar-refractivity contribution in [3.8, 4) is 5.69 Å². The molecule has 7 heteroatoms. The van der Waals surface area contributed by atoms with Gasteiger partial charge in [0.1, 0.15) is 5.82 Å². The molecule has 0 aliphatic heterocycles. The maximum absolute atomic E-state index is 13.8. The van der Waals surface area contributed by atoms with Gasteiger partial charge in [-0.2, -0.15) is 0 Å². The van der Waals surface area contributed by atoms with E-state index in [-0.39, 0.29) is 5.82 Å². The Bertz CT molecular complexity index is 885. The second-order valence-corrected chi connectivity index (χ2v) is 7.16. The number of aromatic amines is 1. The van der Waals surface area contributed by atoms with Crippen LogP contribution in [-0.2, 0) is 0 Å². The summed E-state index contributed by atoms with van der Waals surface area (Å²) in [5.41, 5.74) is 2.31. The van der Waals surface area contributed by atoms with Crippen LogP contribution in [0.1, 0.15) is 0 Å². The Morgan fingerprint density at radius 2 is 1.80 bits per heavy atom. The van der Waals surface area contributed by atoms with E-state index >= 15 is 0 Å². The van der Waals surface area contributed by atoms with Crippen LogP contribution in [0.3, 0.4) is 0 Å². The lowest BCUT2D eigenvalue weighted by Gasteiger charge is -2.08. The topological polar surface area (TPSA) is 20.7 Å². The summed E-state index contributed by atoms with van der Waals surface area (Å²) in [4.78, 5) is 3.09. The molecular formula is C13H6Br3FN2S. The third-order valence-corrected chi connectivity index (χ3v) is 4.93. The van der Waals surface area contributed by atoms with Crippen molar-refractivity contribution in [2.45, 2.75) is 0 Å². The third-order valence-electron chi connectivity index (χ3n) is 2.87. The molecule has 2 nitrogen and oxygen atoms in total. The summed E-state index contributed by atoms with van der Waals surface area (Å²) in [6.45, 7) is 0. The number of fused-ring (bicyclic) bond motifs is 1. The molecule has 0 saturated heterocycles. The van der Waals surface area contributed by atoms with Crippen molar-refractivity contribution in [1.29, 1.82) is 0 Å². The summed E-state index contributed by atoms with van der Waals surface area (Å²) in [5, 5.41) is 0. The number of imidazole rings is 1. The lowest BCUT2D eigenvalue weighted by molar-refractivity contribution is 0.622. The van der Waals surface area contributed by atoms with Gasteiger partial charge >= 0.3 is 0 Å². The fraction of sp³-hybridized carbons (Fsp3) is 0. The summed E-state index contributed by atoms with van der Waals surface area (Å²) in [7, 11) is 0. The second-order valence-electron chi connectivity index (χ2n) is 4.14. The molecule has 0 unspecified atom stereocenters.